The van der Waals surface area contributed by atoms with E-state index in [4.69, 9.17) is 14.2 Å². The highest BCUT2D eigenvalue weighted by Gasteiger charge is 2.19. The summed E-state index contributed by atoms with van der Waals surface area (Å²) < 4.78 is 16.6. The van der Waals surface area contributed by atoms with Gasteiger partial charge in [0.25, 0.3) is 0 Å². The summed E-state index contributed by atoms with van der Waals surface area (Å²) in [6.45, 7) is 6.39. The van der Waals surface area contributed by atoms with E-state index < -0.39 is 6.10 Å². The van der Waals surface area contributed by atoms with Gasteiger partial charge in [0, 0.05) is 19.3 Å². The van der Waals surface area contributed by atoms with Crippen LogP contribution in [-0.4, -0.2) is 37.2 Å². The maximum Gasteiger partial charge on any atom is 0.306 e. The van der Waals surface area contributed by atoms with Gasteiger partial charge in [0.2, 0.25) is 0 Å². The van der Waals surface area contributed by atoms with Gasteiger partial charge in [-0.1, -0.05) is 171 Å². The number of ether oxygens (including phenoxy) is 3. The van der Waals surface area contributed by atoms with E-state index in [2.05, 4.69) is 75.5 Å². The molecule has 0 aromatic heterocycles. The summed E-state index contributed by atoms with van der Waals surface area (Å²) in [5, 5.41) is 0. The number of carbonyl (C=O) groups excluding carboxylic acids is 3. The number of allylic oxidation sites excluding steroid dienone is 10. The topological polar surface area (TPSA) is 78.9 Å². The van der Waals surface area contributed by atoms with E-state index in [1.54, 1.807) is 0 Å². The summed E-state index contributed by atoms with van der Waals surface area (Å²) in [5.74, 6) is -1.02. The Morgan fingerprint density at radius 2 is 0.774 bits per heavy atom. The summed E-state index contributed by atoms with van der Waals surface area (Å²) in [4.78, 5) is 37.6. The third kappa shape index (κ3) is 40.1. The number of carbonyl (C=O) groups is 3. The highest BCUT2D eigenvalue weighted by molar-refractivity contribution is 5.71. The number of rotatable bonds is 38. The fraction of sp³-hybridized carbons (Fsp3) is 0.723. The summed E-state index contributed by atoms with van der Waals surface area (Å²) in [7, 11) is 0. The molecule has 0 aromatic rings. The van der Waals surface area contributed by atoms with Crippen LogP contribution in [-0.2, 0) is 28.6 Å². The molecule has 0 heterocycles. The third-order valence-corrected chi connectivity index (χ3v) is 9.02. The van der Waals surface area contributed by atoms with Crippen LogP contribution in [0.3, 0.4) is 0 Å². The molecule has 6 heteroatoms. The molecule has 0 spiro atoms. The second kappa shape index (κ2) is 41.9. The van der Waals surface area contributed by atoms with Gasteiger partial charge >= 0.3 is 17.9 Å². The van der Waals surface area contributed by atoms with E-state index in [1.165, 1.54) is 83.5 Å². The molecular weight excluding hydrogens is 661 g/mol. The summed E-state index contributed by atoms with van der Waals surface area (Å²) in [5.41, 5.74) is 0. The highest BCUT2D eigenvalue weighted by atomic mass is 16.6. The maximum atomic E-state index is 12.7. The van der Waals surface area contributed by atoms with Gasteiger partial charge in [-0.2, -0.15) is 0 Å². The van der Waals surface area contributed by atoms with Crippen molar-refractivity contribution < 1.29 is 28.6 Å². The lowest BCUT2D eigenvalue weighted by molar-refractivity contribution is -0.166. The lowest BCUT2D eigenvalue weighted by Gasteiger charge is -2.18. The van der Waals surface area contributed by atoms with Crippen molar-refractivity contribution in [1.29, 1.82) is 0 Å². The van der Waals surface area contributed by atoms with Crippen molar-refractivity contribution in [1.82, 2.24) is 0 Å². The number of esters is 3. The number of unbranched alkanes of at least 4 members (excludes halogenated alkanes) is 17. The van der Waals surface area contributed by atoms with E-state index in [9.17, 15) is 14.4 Å². The molecule has 1 unspecified atom stereocenters. The van der Waals surface area contributed by atoms with Gasteiger partial charge in [0.15, 0.2) is 6.10 Å². The Morgan fingerprint density at radius 1 is 0.396 bits per heavy atom. The highest BCUT2D eigenvalue weighted by Crippen LogP contribution is 2.13. The molecule has 0 radical (unpaired) electrons. The molecule has 304 valence electrons. The Morgan fingerprint density at radius 3 is 1.30 bits per heavy atom. The van der Waals surface area contributed by atoms with Crippen LogP contribution >= 0.6 is 0 Å². The largest absolute Gasteiger partial charge is 0.462 e. The van der Waals surface area contributed by atoms with Crippen molar-refractivity contribution >= 4 is 17.9 Å². The Balaban J connectivity index is 4.51. The van der Waals surface area contributed by atoms with E-state index in [-0.39, 0.29) is 44.0 Å². The summed E-state index contributed by atoms with van der Waals surface area (Å²) >= 11 is 0. The minimum absolute atomic E-state index is 0.106. The molecule has 0 fully saturated rings. The molecule has 0 N–H and O–H groups in total. The van der Waals surface area contributed by atoms with Gasteiger partial charge in [-0.15, -0.1) is 0 Å². The second-order valence-corrected chi connectivity index (χ2v) is 14.2. The van der Waals surface area contributed by atoms with Gasteiger partial charge in [-0.25, -0.2) is 0 Å². The van der Waals surface area contributed by atoms with E-state index in [0.717, 1.165) is 64.2 Å². The van der Waals surface area contributed by atoms with Crippen LogP contribution in [0.2, 0.25) is 0 Å². The van der Waals surface area contributed by atoms with Crippen molar-refractivity contribution in [2.75, 3.05) is 13.2 Å². The Labute approximate surface area is 326 Å². The predicted octanol–water partition coefficient (Wildman–Crippen LogP) is 13.7. The zero-order valence-corrected chi connectivity index (χ0v) is 34.5. The molecule has 0 aliphatic heterocycles. The third-order valence-electron chi connectivity index (χ3n) is 9.02. The van der Waals surface area contributed by atoms with Crippen LogP contribution in [0.5, 0.6) is 0 Å². The van der Waals surface area contributed by atoms with Gasteiger partial charge in [-0.05, 0) is 70.6 Å². The first-order chi connectivity index (χ1) is 26.0. The minimum atomic E-state index is -0.811. The van der Waals surface area contributed by atoms with Crippen molar-refractivity contribution in [3.63, 3.8) is 0 Å². The minimum Gasteiger partial charge on any atom is -0.462 e. The predicted molar refractivity (Wildman–Crippen MR) is 224 cm³/mol. The molecule has 0 saturated heterocycles. The Bertz CT molecular complexity index is 991. The van der Waals surface area contributed by atoms with Crippen LogP contribution in [0.1, 0.15) is 201 Å². The van der Waals surface area contributed by atoms with Gasteiger partial charge in [0.05, 0.1) is 0 Å². The average Bonchev–Trinajstić information content (AvgIpc) is 3.15. The molecule has 53 heavy (non-hydrogen) atoms. The Hall–Kier alpha value is -2.89. The fourth-order valence-electron chi connectivity index (χ4n) is 5.74. The Kier molecular flexibility index (Phi) is 39.6. The normalized spacial score (nSPS) is 12.6. The second-order valence-electron chi connectivity index (χ2n) is 14.2. The summed E-state index contributed by atoms with van der Waals surface area (Å²) in [6.07, 6.45) is 49.3. The van der Waals surface area contributed by atoms with Gasteiger partial charge in [-0.3, -0.25) is 14.4 Å². The SMILES string of the molecule is CC/C=C\C/C=C\C/C=C\CCCCC(=O)OC(COC(=O)CC/C=C\C/C=C\CCCCCCCC)COC(=O)CCCCCCCCCCCC. The van der Waals surface area contributed by atoms with Crippen LogP contribution in [0.15, 0.2) is 60.8 Å². The van der Waals surface area contributed by atoms with Crippen molar-refractivity contribution in [3.05, 3.63) is 60.8 Å². The number of hydrogen-bond donors (Lipinski definition) is 0. The van der Waals surface area contributed by atoms with Crippen molar-refractivity contribution in [2.45, 2.75) is 207 Å². The lowest BCUT2D eigenvalue weighted by atomic mass is 10.1. The van der Waals surface area contributed by atoms with E-state index in [1.807, 2.05) is 6.08 Å². The molecule has 0 rings (SSSR count). The molecule has 0 amide bonds. The van der Waals surface area contributed by atoms with Crippen LogP contribution in [0.25, 0.3) is 0 Å². The van der Waals surface area contributed by atoms with E-state index in [0.29, 0.717) is 19.3 Å². The smallest absolute Gasteiger partial charge is 0.306 e. The van der Waals surface area contributed by atoms with E-state index >= 15 is 0 Å². The zero-order valence-electron chi connectivity index (χ0n) is 34.5. The first kappa shape index (κ1) is 50.1. The van der Waals surface area contributed by atoms with Crippen molar-refractivity contribution in [2.24, 2.45) is 0 Å². The molecule has 0 aliphatic rings. The molecule has 0 aliphatic carbocycles. The maximum absolute atomic E-state index is 12.7. The van der Waals surface area contributed by atoms with Crippen molar-refractivity contribution in [3.8, 4) is 0 Å². The quantitative estimate of drug-likeness (QED) is 0.0271. The molecule has 0 aromatic carbocycles. The molecule has 6 nitrogen and oxygen atoms in total. The van der Waals surface area contributed by atoms with Crippen LogP contribution in [0.4, 0.5) is 0 Å². The number of hydrogen-bond acceptors (Lipinski definition) is 6. The lowest BCUT2D eigenvalue weighted by Crippen LogP contribution is -2.30. The summed E-state index contributed by atoms with van der Waals surface area (Å²) in [6, 6.07) is 0. The van der Waals surface area contributed by atoms with Crippen LogP contribution in [0, 0.1) is 0 Å². The average molecular weight is 741 g/mol. The monoisotopic (exact) mass is 741 g/mol. The zero-order chi connectivity index (χ0) is 38.7. The van der Waals surface area contributed by atoms with Gasteiger partial charge < -0.3 is 14.2 Å². The van der Waals surface area contributed by atoms with Gasteiger partial charge in [0.1, 0.15) is 13.2 Å². The molecule has 0 saturated carbocycles. The van der Waals surface area contributed by atoms with Crippen LogP contribution < -0.4 is 0 Å². The molecular formula is C47H80O6. The standard InChI is InChI=1S/C47H80O6/c1-4-7-10-13-16-19-22-24-26-28-31-34-37-40-46(49)52-43-44(42-51-45(48)39-36-33-30-27-21-18-15-12-9-6-3)53-47(50)41-38-35-32-29-25-23-20-17-14-11-8-5-2/h8,11,17,20,24-26,29,31,34,44H,4-7,9-10,12-16,18-19,21-23,27-28,30,32-33,35-43H2,1-3H3/b11-8-,20-17-,26-24-,29-25-,34-31-. The molecule has 0 bridgehead atoms. The fourth-order valence-corrected chi connectivity index (χ4v) is 5.74. The first-order valence-electron chi connectivity index (χ1n) is 21.8. The first-order valence-corrected chi connectivity index (χ1v) is 21.8. The molecule has 1 atom stereocenters.